The predicted molar refractivity (Wildman–Crippen MR) is 65.7 cm³/mol. The second-order valence-corrected chi connectivity index (χ2v) is 4.88. The molecule has 4 heteroatoms. The lowest BCUT2D eigenvalue weighted by Crippen LogP contribution is -2.05. The number of hydrogen-bond donors (Lipinski definition) is 1. The van der Waals surface area contributed by atoms with Gasteiger partial charge in [0.2, 0.25) is 0 Å². The second-order valence-electron chi connectivity index (χ2n) is 3.76. The molecule has 2 heterocycles. The van der Waals surface area contributed by atoms with Gasteiger partial charge in [-0.15, -0.1) is 0 Å². The highest BCUT2D eigenvalue weighted by Gasteiger charge is 2.22. The zero-order chi connectivity index (χ0) is 11.1. The van der Waals surface area contributed by atoms with Crippen LogP contribution in [0, 0.1) is 0 Å². The highest BCUT2D eigenvalue weighted by Crippen LogP contribution is 2.42. The lowest BCUT2D eigenvalue weighted by atomic mass is 10.0. The van der Waals surface area contributed by atoms with Crippen LogP contribution in [-0.4, -0.2) is 4.98 Å². The number of nitrogen functional groups attached to an aromatic ring is 1. The quantitative estimate of drug-likeness (QED) is 0.822. The average molecular weight is 232 g/mol. The van der Waals surface area contributed by atoms with Gasteiger partial charge < -0.3 is 10.5 Å². The van der Waals surface area contributed by atoms with Crippen LogP contribution in [0.5, 0.6) is 5.75 Å². The molecule has 1 aromatic carbocycles. The third-order valence-electron chi connectivity index (χ3n) is 2.79. The van der Waals surface area contributed by atoms with Crippen molar-refractivity contribution in [2.24, 2.45) is 0 Å². The van der Waals surface area contributed by atoms with Gasteiger partial charge in [0.25, 0.3) is 0 Å². The first-order chi connectivity index (χ1) is 7.79. The number of aromatic nitrogens is 1. The molecular formula is C12H12N2OS. The van der Waals surface area contributed by atoms with E-state index in [0.717, 1.165) is 28.3 Å². The van der Waals surface area contributed by atoms with Crippen LogP contribution in [0.2, 0.25) is 0 Å². The minimum Gasteiger partial charge on any atom is -0.487 e. The fourth-order valence-corrected chi connectivity index (χ4v) is 2.80. The van der Waals surface area contributed by atoms with Gasteiger partial charge in [-0.25, -0.2) is 4.98 Å². The van der Waals surface area contributed by atoms with Crippen molar-refractivity contribution in [2.75, 3.05) is 5.73 Å². The minimum atomic E-state index is 0.591. The number of ether oxygens (including phenoxy) is 1. The molecule has 1 aliphatic rings. The first-order valence-electron chi connectivity index (χ1n) is 5.30. The smallest absolute Gasteiger partial charge is 0.180 e. The zero-order valence-electron chi connectivity index (χ0n) is 8.99. The Balaban J connectivity index is 2.24. The van der Waals surface area contributed by atoms with E-state index in [1.165, 1.54) is 16.9 Å². The highest BCUT2D eigenvalue weighted by atomic mass is 32.1. The Hall–Kier alpha value is -1.55. The van der Waals surface area contributed by atoms with Crippen molar-refractivity contribution in [1.82, 2.24) is 4.98 Å². The van der Waals surface area contributed by atoms with Gasteiger partial charge in [0.05, 0.1) is 10.6 Å². The monoisotopic (exact) mass is 232 g/mol. The third-order valence-corrected chi connectivity index (χ3v) is 3.65. The molecule has 0 radical (unpaired) electrons. The first kappa shape index (κ1) is 9.66. The van der Waals surface area contributed by atoms with Gasteiger partial charge in [0, 0.05) is 5.56 Å². The maximum atomic E-state index is 5.80. The zero-order valence-corrected chi connectivity index (χ0v) is 9.80. The van der Waals surface area contributed by atoms with E-state index in [1.54, 1.807) is 0 Å². The Bertz CT molecular complexity index is 548. The molecule has 1 aromatic heterocycles. The molecule has 16 heavy (non-hydrogen) atoms. The van der Waals surface area contributed by atoms with E-state index < -0.39 is 0 Å². The summed E-state index contributed by atoms with van der Waals surface area (Å²) in [6.45, 7) is 2.72. The molecule has 1 aliphatic heterocycles. The topological polar surface area (TPSA) is 48.1 Å². The van der Waals surface area contributed by atoms with Crippen molar-refractivity contribution in [3.63, 3.8) is 0 Å². The number of hydrogen-bond acceptors (Lipinski definition) is 4. The number of fused-ring (bicyclic) bond motifs is 3. The van der Waals surface area contributed by atoms with Crippen LogP contribution in [-0.2, 0) is 13.0 Å². The summed E-state index contributed by atoms with van der Waals surface area (Å²) in [5, 5.41) is 0.614. The SMILES string of the molecule is CCc1cccc2c1OCc1sc(N)nc1-2. The van der Waals surface area contributed by atoms with E-state index in [0.29, 0.717) is 11.7 Å². The fourth-order valence-electron chi connectivity index (χ4n) is 2.04. The maximum Gasteiger partial charge on any atom is 0.180 e. The number of nitrogens with zero attached hydrogens (tertiary/aromatic N) is 1. The lowest BCUT2D eigenvalue weighted by Gasteiger charge is -2.19. The van der Waals surface area contributed by atoms with E-state index in [-0.39, 0.29) is 0 Å². The summed E-state index contributed by atoms with van der Waals surface area (Å²) < 4.78 is 5.80. The molecule has 0 fully saturated rings. The van der Waals surface area contributed by atoms with Crippen LogP contribution in [0.15, 0.2) is 18.2 Å². The third kappa shape index (κ3) is 1.30. The molecule has 2 aromatic rings. The summed E-state index contributed by atoms with van der Waals surface area (Å²) in [7, 11) is 0. The molecule has 0 saturated heterocycles. The summed E-state index contributed by atoms with van der Waals surface area (Å²) >= 11 is 1.51. The van der Waals surface area contributed by atoms with Crippen LogP contribution in [0.1, 0.15) is 17.4 Å². The van der Waals surface area contributed by atoms with Crippen molar-refractivity contribution in [3.8, 4) is 17.0 Å². The summed E-state index contributed by atoms with van der Waals surface area (Å²) in [5.41, 5.74) is 9.05. The molecule has 82 valence electrons. The molecule has 0 aliphatic carbocycles. The molecule has 0 amide bonds. The Morgan fingerprint density at radius 3 is 3.19 bits per heavy atom. The summed E-state index contributed by atoms with van der Waals surface area (Å²) in [5.74, 6) is 0.975. The number of thiazole rings is 1. The summed E-state index contributed by atoms with van der Waals surface area (Å²) in [6.07, 6.45) is 0.970. The van der Waals surface area contributed by atoms with E-state index in [1.807, 2.05) is 12.1 Å². The Morgan fingerprint density at radius 2 is 2.38 bits per heavy atom. The van der Waals surface area contributed by atoms with Crippen LogP contribution >= 0.6 is 11.3 Å². The maximum absolute atomic E-state index is 5.80. The number of rotatable bonds is 1. The molecule has 0 unspecified atom stereocenters. The normalized spacial score (nSPS) is 12.8. The van der Waals surface area contributed by atoms with Gasteiger partial charge in [-0.3, -0.25) is 0 Å². The van der Waals surface area contributed by atoms with Crippen molar-refractivity contribution in [3.05, 3.63) is 28.6 Å². The number of benzene rings is 1. The standard InChI is InChI=1S/C12H12N2OS/c1-2-7-4-3-5-8-10-9(6-15-11(7)8)16-12(13)14-10/h3-5H,2,6H2,1H3,(H2,13,14). The van der Waals surface area contributed by atoms with Gasteiger partial charge in [0.1, 0.15) is 12.4 Å². The van der Waals surface area contributed by atoms with Crippen LogP contribution in [0.4, 0.5) is 5.13 Å². The molecular weight excluding hydrogens is 220 g/mol. The minimum absolute atomic E-state index is 0.591. The lowest BCUT2D eigenvalue weighted by molar-refractivity contribution is 0.302. The van der Waals surface area contributed by atoms with Gasteiger partial charge in [-0.1, -0.05) is 30.4 Å². The molecule has 0 bridgehead atoms. The average Bonchev–Trinajstić information content (AvgIpc) is 2.69. The molecule has 0 atom stereocenters. The summed E-state index contributed by atoms with van der Waals surface area (Å²) in [4.78, 5) is 5.51. The fraction of sp³-hybridized carbons (Fsp3) is 0.250. The van der Waals surface area contributed by atoms with Gasteiger partial charge in [-0.05, 0) is 18.1 Å². The van der Waals surface area contributed by atoms with Crippen molar-refractivity contribution < 1.29 is 4.74 Å². The number of anilines is 1. The molecule has 3 nitrogen and oxygen atoms in total. The number of para-hydroxylation sites is 1. The van der Waals surface area contributed by atoms with Crippen LogP contribution in [0.3, 0.4) is 0 Å². The van der Waals surface area contributed by atoms with E-state index in [4.69, 9.17) is 10.5 Å². The Morgan fingerprint density at radius 1 is 1.50 bits per heavy atom. The largest absolute Gasteiger partial charge is 0.487 e. The van der Waals surface area contributed by atoms with Crippen molar-refractivity contribution >= 4 is 16.5 Å². The van der Waals surface area contributed by atoms with Gasteiger partial charge in [-0.2, -0.15) is 0 Å². The summed E-state index contributed by atoms with van der Waals surface area (Å²) in [6, 6.07) is 6.19. The van der Waals surface area contributed by atoms with Crippen LogP contribution in [0.25, 0.3) is 11.3 Å². The van der Waals surface area contributed by atoms with E-state index >= 15 is 0 Å². The number of nitrogens with two attached hydrogens (primary N) is 1. The highest BCUT2D eigenvalue weighted by molar-refractivity contribution is 7.15. The molecule has 0 spiro atoms. The van der Waals surface area contributed by atoms with E-state index in [9.17, 15) is 0 Å². The number of aryl methyl sites for hydroxylation is 1. The first-order valence-corrected chi connectivity index (χ1v) is 6.11. The van der Waals surface area contributed by atoms with Gasteiger partial charge >= 0.3 is 0 Å². The Labute approximate surface area is 97.9 Å². The Kier molecular flexibility index (Phi) is 2.11. The second kappa shape index (κ2) is 3.49. The van der Waals surface area contributed by atoms with Crippen molar-refractivity contribution in [2.45, 2.75) is 20.0 Å². The van der Waals surface area contributed by atoms with E-state index in [2.05, 4.69) is 18.0 Å². The van der Waals surface area contributed by atoms with Crippen molar-refractivity contribution in [1.29, 1.82) is 0 Å². The molecule has 3 rings (SSSR count). The molecule has 0 saturated carbocycles. The predicted octanol–water partition coefficient (Wildman–Crippen LogP) is 2.85. The van der Waals surface area contributed by atoms with Crippen LogP contribution < -0.4 is 10.5 Å². The molecule has 2 N–H and O–H groups in total. The van der Waals surface area contributed by atoms with Gasteiger partial charge in [0.15, 0.2) is 5.13 Å².